The molecule has 3 fully saturated rings. The predicted molar refractivity (Wildman–Crippen MR) is 173 cm³/mol. The Hall–Kier alpha value is -3.65. The van der Waals surface area contributed by atoms with Gasteiger partial charge < -0.3 is 25.8 Å². The first-order chi connectivity index (χ1) is 22.3. The van der Waals surface area contributed by atoms with Crippen LogP contribution in [-0.2, 0) is 9.84 Å². The summed E-state index contributed by atoms with van der Waals surface area (Å²) in [6.45, 7) is 3.25. The normalized spacial score (nSPS) is 22.7. The molecular weight excluding hydrogens is 658 g/mol. The molecule has 16 heteroatoms. The number of carbonyl (C=O) groups is 1. The molecular formula is C31H35F3N6O5S2. The van der Waals surface area contributed by atoms with Crippen molar-refractivity contribution in [2.75, 3.05) is 55.4 Å². The van der Waals surface area contributed by atoms with Crippen LogP contribution in [0, 0.1) is 17.8 Å². The minimum atomic E-state index is -4.56. The second-order valence-corrected chi connectivity index (χ2v) is 15.4. The number of benzene rings is 1. The van der Waals surface area contributed by atoms with Crippen LogP contribution < -0.4 is 20.7 Å². The number of methoxy groups -OCH3 is 1. The number of ether oxygens (including phenoxy) is 1. The highest BCUT2D eigenvalue weighted by Crippen LogP contribution is 2.52. The lowest BCUT2D eigenvalue weighted by molar-refractivity contribution is -0.0327. The quantitative estimate of drug-likeness (QED) is 0.185. The topological polar surface area (TPSA) is 137 Å². The van der Waals surface area contributed by atoms with Crippen molar-refractivity contribution in [3.05, 3.63) is 47.7 Å². The van der Waals surface area contributed by atoms with E-state index < -0.39 is 21.4 Å². The van der Waals surface area contributed by atoms with Gasteiger partial charge in [-0.25, -0.2) is 12.9 Å². The number of nitrogens with zero attached hydrogens (tertiary/aromatic N) is 3. The minimum Gasteiger partial charge on any atom is -0.495 e. The van der Waals surface area contributed by atoms with E-state index in [1.54, 1.807) is 37.3 Å². The van der Waals surface area contributed by atoms with Crippen molar-refractivity contribution in [2.45, 2.75) is 47.9 Å². The third kappa shape index (κ3) is 7.43. The van der Waals surface area contributed by atoms with Gasteiger partial charge in [-0.3, -0.25) is 9.69 Å². The van der Waals surface area contributed by atoms with E-state index in [1.165, 1.54) is 17.7 Å². The van der Waals surface area contributed by atoms with Gasteiger partial charge in [0, 0.05) is 36.8 Å². The molecule has 2 aliphatic heterocycles. The van der Waals surface area contributed by atoms with Crippen LogP contribution in [0.2, 0.25) is 0 Å². The van der Waals surface area contributed by atoms with Crippen LogP contribution in [0.1, 0.15) is 35.8 Å². The maximum Gasteiger partial charge on any atom is 0.446 e. The fraction of sp³-hybridized carbons (Fsp3) is 0.484. The van der Waals surface area contributed by atoms with Crippen LogP contribution >= 0.6 is 11.8 Å². The van der Waals surface area contributed by atoms with Gasteiger partial charge in [-0.1, -0.05) is 12.0 Å². The van der Waals surface area contributed by atoms with Crippen LogP contribution in [0.4, 0.5) is 24.7 Å². The van der Waals surface area contributed by atoms with Gasteiger partial charge >= 0.3 is 5.51 Å². The Kier molecular flexibility index (Phi) is 9.02. The van der Waals surface area contributed by atoms with Crippen molar-refractivity contribution in [1.29, 1.82) is 0 Å². The van der Waals surface area contributed by atoms with Crippen molar-refractivity contribution in [3.8, 4) is 17.6 Å². The zero-order chi connectivity index (χ0) is 33.6. The number of fused-ring (bicyclic) bond motifs is 2. The molecule has 11 nitrogen and oxygen atoms in total. The second-order valence-electron chi connectivity index (χ2n) is 12.2. The van der Waals surface area contributed by atoms with Crippen LogP contribution in [0.5, 0.6) is 5.75 Å². The summed E-state index contributed by atoms with van der Waals surface area (Å²) in [5, 5.41) is 23.2. The lowest BCUT2D eigenvalue weighted by atomic mass is 10.0. The van der Waals surface area contributed by atoms with E-state index >= 15 is 0 Å². The SMILES string of the molecule is COc1cc(C(=O)NC[C@@H](C)O)ccc1NCC#Cc1nn2c(NC34CCN(C5CS(=O)(=O)C5)C[C@@H]3C4)cccc2c1SC(F)(F)F. The zero-order valence-corrected chi connectivity index (χ0v) is 27.4. The first-order valence-electron chi connectivity index (χ1n) is 15.1. The smallest absolute Gasteiger partial charge is 0.446 e. The fourth-order valence-corrected chi connectivity index (χ4v) is 8.40. The Bertz CT molecular complexity index is 1840. The van der Waals surface area contributed by atoms with E-state index in [4.69, 9.17) is 4.74 Å². The Morgan fingerprint density at radius 3 is 2.74 bits per heavy atom. The molecule has 2 saturated heterocycles. The van der Waals surface area contributed by atoms with Gasteiger partial charge in [-0.15, -0.1) is 0 Å². The summed E-state index contributed by atoms with van der Waals surface area (Å²) in [4.78, 5) is 14.5. The molecule has 0 radical (unpaired) electrons. The number of sulfone groups is 1. The number of aromatic nitrogens is 2. The van der Waals surface area contributed by atoms with E-state index in [9.17, 15) is 31.5 Å². The Morgan fingerprint density at radius 2 is 2.06 bits per heavy atom. The zero-order valence-electron chi connectivity index (χ0n) is 25.7. The number of aliphatic hydroxyl groups excluding tert-OH is 1. The monoisotopic (exact) mass is 692 g/mol. The Labute approximate surface area is 274 Å². The molecule has 0 bridgehead atoms. The molecule has 1 aliphatic carbocycles. The highest BCUT2D eigenvalue weighted by atomic mass is 32.2. The van der Waals surface area contributed by atoms with Crippen molar-refractivity contribution in [3.63, 3.8) is 0 Å². The number of halogens is 3. The number of thioether (sulfide) groups is 1. The summed E-state index contributed by atoms with van der Waals surface area (Å²) < 4.78 is 71.2. The van der Waals surface area contributed by atoms with Gasteiger partial charge in [0.2, 0.25) is 0 Å². The second kappa shape index (κ2) is 12.8. The number of alkyl halides is 3. The summed E-state index contributed by atoms with van der Waals surface area (Å²) >= 11 is -0.253. The van der Waals surface area contributed by atoms with Gasteiger partial charge in [0.15, 0.2) is 9.84 Å². The van der Waals surface area contributed by atoms with Crippen molar-refractivity contribution >= 4 is 44.5 Å². The molecule has 1 unspecified atom stereocenters. The molecule has 1 amide bonds. The maximum atomic E-state index is 13.7. The lowest BCUT2D eigenvalue weighted by Crippen LogP contribution is -2.56. The first kappa shape index (κ1) is 33.3. The number of nitrogens with one attached hydrogen (secondary N) is 3. The highest BCUT2D eigenvalue weighted by molar-refractivity contribution is 8.00. The lowest BCUT2D eigenvalue weighted by Gasteiger charge is -2.41. The number of hydrogen-bond acceptors (Lipinski definition) is 10. The van der Waals surface area contributed by atoms with E-state index in [1.807, 2.05) is 0 Å². The number of aliphatic hydroxyl groups is 1. The molecule has 4 heterocycles. The van der Waals surface area contributed by atoms with Gasteiger partial charge in [-0.05, 0) is 73.7 Å². The molecule has 1 aromatic carbocycles. The molecule has 3 aromatic rings. The summed E-state index contributed by atoms with van der Waals surface area (Å²) in [5.74, 6) is 6.94. The van der Waals surface area contributed by atoms with Crippen molar-refractivity contribution < 1.29 is 36.2 Å². The predicted octanol–water partition coefficient (Wildman–Crippen LogP) is 3.20. The molecule has 252 valence electrons. The summed E-state index contributed by atoms with van der Waals surface area (Å²) in [6.07, 6.45) is 0.994. The summed E-state index contributed by atoms with van der Waals surface area (Å²) in [6, 6.07) is 9.89. The van der Waals surface area contributed by atoms with Crippen molar-refractivity contribution in [1.82, 2.24) is 19.8 Å². The van der Waals surface area contributed by atoms with Gasteiger partial charge in [0.25, 0.3) is 5.91 Å². The largest absolute Gasteiger partial charge is 0.495 e. The molecule has 3 atom stereocenters. The van der Waals surface area contributed by atoms with Crippen LogP contribution in [0.25, 0.3) is 5.52 Å². The molecule has 47 heavy (non-hydrogen) atoms. The van der Waals surface area contributed by atoms with Gasteiger partial charge in [0.1, 0.15) is 17.3 Å². The molecule has 1 saturated carbocycles. The number of pyridine rings is 1. The Balaban J connectivity index is 1.17. The van der Waals surface area contributed by atoms with Gasteiger partial charge in [0.05, 0.1) is 47.4 Å². The van der Waals surface area contributed by atoms with E-state index in [0.717, 1.165) is 25.9 Å². The number of amides is 1. The molecule has 2 aromatic heterocycles. The third-order valence-electron chi connectivity index (χ3n) is 8.74. The average Bonchev–Trinajstić information content (AvgIpc) is 3.61. The number of hydrogen-bond donors (Lipinski definition) is 4. The van der Waals surface area contributed by atoms with Crippen LogP contribution in [0.15, 0.2) is 41.3 Å². The minimum absolute atomic E-state index is 0.00803. The highest BCUT2D eigenvalue weighted by Gasteiger charge is 2.58. The number of piperidine rings is 1. The molecule has 4 N–H and O–H groups in total. The number of likely N-dealkylation sites (tertiary alicyclic amines) is 1. The van der Waals surface area contributed by atoms with E-state index in [0.29, 0.717) is 28.7 Å². The van der Waals surface area contributed by atoms with Crippen LogP contribution in [-0.4, -0.2) is 102 Å². The summed E-state index contributed by atoms with van der Waals surface area (Å²) in [5.41, 5.74) is -3.63. The molecule has 3 aliphatic rings. The number of anilines is 2. The van der Waals surface area contributed by atoms with E-state index in [2.05, 4.69) is 37.8 Å². The first-order valence-corrected chi connectivity index (χ1v) is 17.8. The van der Waals surface area contributed by atoms with E-state index in [-0.39, 0.29) is 70.0 Å². The molecule has 0 spiro atoms. The van der Waals surface area contributed by atoms with Gasteiger partial charge in [-0.2, -0.15) is 18.3 Å². The van der Waals surface area contributed by atoms with Crippen molar-refractivity contribution in [2.24, 2.45) is 5.92 Å². The van der Waals surface area contributed by atoms with Crippen LogP contribution in [0.3, 0.4) is 0 Å². The average molecular weight is 693 g/mol. The molecule has 6 rings (SSSR count). The Morgan fingerprint density at radius 1 is 1.28 bits per heavy atom. The summed E-state index contributed by atoms with van der Waals surface area (Å²) in [7, 11) is -1.47. The fourth-order valence-electron chi connectivity index (χ4n) is 6.22. The number of rotatable bonds is 10. The maximum absolute atomic E-state index is 13.7. The number of carbonyl (C=O) groups excluding carboxylic acids is 1. The standard InChI is InChI=1S/C31H35F3N6O5S2/c1-19(41)15-36-29(42)20-8-9-23(26(13-20)45-2)35-11-4-5-24-28(46-31(32,33)34)25-6-3-7-27(40(25)38-24)37-30-10-12-39(16-21(30)14-30)22-17-47(43,44)18-22/h3,6-9,13,19,21-22,35,37,41H,10-12,14-18H2,1-2H3,(H,36,42)/t19-,21+,30?/m1/s1. The third-order valence-corrected chi connectivity index (χ3v) is 11.4.